The van der Waals surface area contributed by atoms with Gasteiger partial charge in [0, 0.05) is 0 Å². The molecule has 0 aromatic heterocycles. The van der Waals surface area contributed by atoms with Gasteiger partial charge >= 0.3 is 0 Å². The smallest absolute Gasteiger partial charge is 0.241 e. The standard InChI is InChI=1S/C11H14N2O4S/c12-10(14)6-11(7-17-8-11)13-18(15,16)9-4-2-1-3-5-9/h1-5,13H,6-8H2,(H2,12,14). The third-order valence-electron chi connectivity index (χ3n) is 2.67. The summed E-state index contributed by atoms with van der Waals surface area (Å²) in [6.45, 7) is 0.310. The van der Waals surface area contributed by atoms with Gasteiger partial charge in [-0.05, 0) is 12.1 Å². The number of nitrogens with two attached hydrogens (primary N) is 1. The number of hydrogen-bond donors (Lipinski definition) is 2. The van der Waals surface area contributed by atoms with Gasteiger partial charge in [0.15, 0.2) is 0 Å². The van der Waals surface area contributed by atoms with E-state index in [1.54, 1.807) is 18.2 Å². The lowest BCUT2D eigenvalue weighted by atomic mass is 9.94. The Kier molecular flexibility index (Phi) is 3.38. The van der Waals surface area contributed by atoms with Crippen molar-refractivity contribution in [2.24, 2.45) is 5.73 Å². The van der Waals surface area contributed by atoms with Gasteiger partial charge in [-0.3, -0.25) is 4.79 Å². The van der Waals surface area contributed by atoms with Crippen LogP contribution in [0.1, 0.15) is 6.42 Å². The summed E-state index contributed by atoms with van der Waals surface area (Å²) in [5.41, 5.74) is 4.21. The highest BCUT2D eigenvalue weighted by atomic mass is 32.2. The van der Waals surface area contributed by atoms with Gasteiger partial charge < -0.3 is 10.5 Å². The molecule has 3 N–H and O–H groups in total. The lowest BCUT2D eigenvalue weighted by molar-refractivity contribution is -0.126. The zero-order chi connectivity index (χ0) is 13.2. The van der Waals surface area contributed by atoms with Crippen molar-refractivity contribution >= 4 is 15.9 Å². The van der Waals surface area contributed by atoms with Gasteiger partial charge in [-0.1, -0.05) is 18.2 Å². The van der Waals surface area contributed by atoms with Crippen LogP contribution in [0.4, 0.5) is 0 Å². The lowest BCUT2D eigenvalue weighted by Gasteiger charge is -2.40. The zero-order valence-electron chi connectivity index (χ0n) is 9.63. The Hall–Kier alpha value is -1.44. The number of hydrogen-bond acceptors (Lipinski definition) is 4. The number of nitrogens with one attached hydrogen (secondary N) is 1. The van der Waals surface area contributed by atoms with E-state index in [4.69, 9.17) is 10.5 Å². The fourth-order valence-electron chi connectivity index (χ4n) is 1.82. The van der Waals surface area contributed by atoms with Crippen LogP contribution in [-0.4, -0.2) is 33.1 Å². The molecule has 1 fully saturated rings. The number of carbonyl (C=O) groups is 1. The minimum absolute atomic E-state index is 0.0704. The van der Waals surface area contributed by atoms with E-state index in [2.05, 4.69) is 4.72 Å². The van der Waals surface area contributed by atoms with Crippen LogP contribution >= 0.6 is 0 Å². The summed E-state index contributed by atoms with van der Waals surface area (Å²) >= 11 is 0. The molecule has 0 unspecified atom stereocenters. The maximum Gasteiger partial charge on any atom is 0.241 e. The molecule has 0 saturated carbocycles. The molecule has 1 saturated heterocycles. The number of benzene rings is 1. The van der Waals surface area contributed by atoms with Crippen molar-refractivity contribution in [2.45, 2.75) is 16.9 Å². The molecule has 0 bridgehead atoms. The fraction of sp³-hybridized carbons (Fsp3) is 0.364. The number of carbonyl (C=O) groups excluding carboxylic acids is 1. The molecule has 1 aliphatic heterocycles. The molecular weight excluding hydrogens is 256 g/mol. The van der Waals surface area contributed by atoms with Gasteiger partial charge in [0.1, 0.15) is 0 Å². The normalized spacial score (nSPS) is 18.0. The topological polar surface area (TPSA) is 98.5 Å². The van der Waals surface area contributed by atoms with Gasteiger partial charge in [-0.25, -0.2) is 8.42 Å². The molecule has 98 valence electrons. The van der Waals surface area contributed by atoms with Crippen LogP contribution < -0.4 is 10.5 Å². The molecule has 6 nitrogen and oxygen atoms in total. The lowest BCUT2D eigenvalue weighted by Crippen LogP contribution is -2.63. The minimum atomic E-state index is -3.66. The maximum absolute atomic E-state index is 12.1. The molecule has 0 spiro atoms. The molecule has 1 aromatic rings. The number of ether oxygens (including phenoxy) is 1. The van der Waals surface area contributed by atoms with Crippen LogP contribution in [0.3, 0.4) is 0 Å². The largest absolute Gasteiger partial charge is 0.377 e. The minimum Gasteiger partial charge on any atom is -0.377 e. The SMILES string of the molecule is NC(=O)CC1(NS(=O)(=O)c2ccccc2)COC1. The first-order valence-corrected chi connectivity index (χ1v) is 6.87. The van der Waals surface area contributed by atoms with E-state index < -0.39 is 21.5 Å². The van der Waals surface area contributed by atoms with Crippen molar-refractivity contribution in [3.05, 3.63) is 30.3 Å². The van der Waals surface area contributed by atoms with Gasteiger partial charge in [0.2, 0.25) is 15.9 Å². The van der Waals surface area contributed by atoms with Crippen molar-refractivity contribution in [2.75, 3.05) is 13.2 Å². The number of sulfonamides is 1. The highest BCUT2D eigenvalue weighted by Gasteiger charge is 2.43. The molecule has 2 rings (SSSR count). The second kappa shape index (κ2) is 4.68. The second-order valence-electron chi connectivity index (χ2n) is 4.33. The van der Waals surface area contributed by atoms with E-state index in [-0.39, 0.29) is 24.5 Å². The first-order valence-electron chi connectivity index (χ1n) is 5.39. The maximum atomic E-state index is 12.1. The summed E-state index contributed by atoms with van der Waals surface area (Å²) in [6.07, 6.45) is -0.0704. The van der Waals surface area contributed by atoms with E-state index in [1.807, 2.05) is 0 Å². The van der Waals surface area contributed by atoms with Crippen LogP contribution in [0.15, 0.2) is 35.2 Å². The van der Waals surface area contributed by atoms with Crippen LogP contribution in [0.5, 0.6) is 0 Å². The Balaban J connectivity index is 2.20. The second-order valence-corrected chi connectivity index (χ2v) is 6.02. The molecule has 0 radical (unpaired) electrons. The number of amides is 1. The number of primary amides is 1. The van der Waals surface area contributed by atoms with E-state index in [0.717, 1.165) is 0 Å². The van der Waals surface area contributed by atoms with Crippen molar-refractivity contribution in [3.8, 4) is 0 Å². The number of rotatable bonds is 5. The van der Waals surface area contributed by atoms with Gasteiger partial charge in [0.25, 0.3) is 0 Å². The summed E-state index contributed by atoms with van der Waals surface area (Å²) < 4.78 is 31.7. The van der Waals surface area contributed by atoms with Gasteiger partial charge in [-0.2, -0.15) is 4.72 Å². The molecule has 1 heterocycles. The summed E-state index contributed by atoms with van der Waals surface area (Å²) in [5.74, 6) is -0.561. The van der Waals surface area contributed by atoms with Crippen molar-refractivity contribution < 1.29 is 17.9 Å². The van der Waals surface area contributed by atoms with Crippen LogP contribution in [-0.2, 0) is 19.6 Å². The Morgan fingerprint density at radius 1 is 1.33 bits per heavy atom. The average molecular weight is 270 g/mol. The van der Waals surface area contributed by atoms with Crippen molar-refractivity contribution in [3.63, 3.8) is 0 Å². The van der Waals surface area contributed by atoms with E-state index in [9.17, 15) is 13.2 Å². The average Bonchev–Trinajstić information content (AvgIpc) is 2.26. The Labute approximate surface area is 105 Å². The van der Waals surface area contributed by atoms with Crippen LogP contribution in [0.2, 0.25) is 0 Å². The van der Waals surface area contributed by atoms with E-state index in [1.165, 1.54) is 12.1 Å². The predicted octanol–water partition coefficient (Wildman–Crippen LogP) is -0.391. The molecular formula is C11H14N2O4S. The highest BCUT2D eigenvalue weighted by Crippen LogP contribution is 2.23. The van der Waals surface area contributed by atoms with Gasteiger partial charge in [-0.15, -0.1) is 0 Å². The van der Waals surface area contributed by atoms with Crippen molar-refractivity contribution in [1.82, 2.24) is 4.72 Å². The van der Waals surface area contributed by atoms with Crippen molar-refractivity contribution in [1.29, 1.82) is 0 Å². The molecule has 0 atom stereocenters. The molecule has 0 aliphatic carbocycles. The third-order valence-corrected chi connectivity index (χ3v) is 4.27. The monoisotopic (exact) mass is 270 g/mol. The molecule has 18 heavy (non-hydrogen) atoms. The Bertz CT molecular complexity index is 537. The van der Waals surface area contributed by atoms with E-state index in [0.29, 0.717) is 0 Å². The quantitative estimate of drug-likeness (QED) is 0.761. The first kappa shape index (κ1) is 13.0. The molecule has 1 amide bonds. The van der Waals surface area contributed by atoms with E-state index >= 15 is 0 Å². The third kappa shape index (κ3) is 2.69. The van der Waals surface area contributed by atoms with Gasteiger partial charge in [0.05, 0.1) is 30.1 Å². The molecule has 1 aromatic carbocycles. The Morgan fingerprint density at radius 2 is 1.94 bits per heavy atom. The molecule has 7 heteroatoms. The molecule has 1 aliphatic rings. The Morgan fingerprint density at radius 3 is 2.39 bits per heavy atom. The highest BCUT2D eigenvalue weighted by molar-refractivity contribution is 7.89. The zero-order valence-corrected chi connectivity index (χ0v) is 10.4. The fourth-order valence-corrected chi connectivity index (χ4v) is 3.22. The first-order chi connectivity index (χ1) is 8.44. The summed E-state index contributed by atoms with van der Waals surface area (Å²) in [5, 5.41) is 0. The predicted molar refractivity (Wildman–Crippen MR) is 64.1 cm³/mol. The summed E-state index contributed by atoms with van der Waals surface area (Å²) in [6, 6.07) is 7.96. The summed E-state index contributed by atoms with van der Waals surface area (Å²) in [7, 11) is -3.66. The summed E-state index contributed by atoms with van der Waals surface area (Å²) in [4.78, 5) is 11.1. The van der Waals surface area contributed by atoms with Crippen LogP contribution in [0.25, 0.3) is 0 Å². The van der Waals surface area contributed by atoms with Crippen LogP contribution in [0, 0.1) is 0 Å².